The first-order chi connectivity index (χ1) is 8.10. The van der Waals surface area contributed by atoms with Gasteiger partial charge in [-0.05, 0) is 30.9 Å². The van der Waals surface area contributed by atoms with Crippen molar-refractivity contribution in [2.75, 3.05) is 13.1 Å². The SMILES string of the molecule is O=C(c1ncccc1O)N1CC(O)(C2CC2)C1. The van der Waals surface area contributed by atoms with Crippen LogP contribution in [0.2, 0.25) is 0 Å². The molecule has 0 aromatic carbocycles. The van der Waals surface area contributed by atoms with Crippen LogP contribution in [-0.4, -0.2) is 44.7 Å². The smallest absolute Gasteiger partial charge is 0.276 e. The average molecular weight is 234 g/mol. The third-order valence-electron chi connectivity index (χ3n) is 3.54. The molecule has 5 heteroatoms. The van der Waals surface area contributed by atoms with Gasteiger partial charge in [0.2, 0.25) is 0 Å². The average Bonchev–Trinajstić information content (AvgIpc) is 3.08. The van der Waals surface area contributed by atoms with Crippen molar-refractivity contribution < 1.29 is 15.0 Å². The van der Waals surface area contributed by atoms with E-state index in [1.807, 2.05) is 0 Å². The zero-order valence-corrected chi connectivity index (χ0v) is 9.33. The van der Waals surface area contributed by atoms with Gasteiger partial charge < -0.3 is 15.1 Å². The molecule has 1 saturated heterocycles. The largest absolute Gasteiger partial charge is 0.505 e. The Morgan fingerprint density at radius 2 is 2.18 bits per heavy atom. The molecule has 0 unspecified atom stereocenters. The molecule has 1 aromatic heterocycles. The first kappa shape index (κ1) is 10.5. The number of hydrogen-bond donors (Lipinski definition) is 2. The molecular weight excluding hydrogens is 220 g/mol. The van der Waals surface area contributed by atoms with Crippen LogP contribution in [0.25, 0.3) is 0 Å². The van der Waals surface area contributed by atoms with Crippen LogP contribution < -0.4 is 0 Å². The number of amides is 1. The van der Waals surface area contributed by atoms with Gasteiger partial charge in [0.15, 0.2) is 5.69 Å². The van der Waals surface area contributed by atoms with Crippen LogP contribution >= 0.6 is 0 Å². The summed E-state index contributed by atoms with van der Waals surface area (Å²) in [5, 5.41) is 19.6. The van der Waals surface area contributed by atoms with E-state index < -0.39 is 5.60 Å². The number of carbonyl (C=O) groups excluding carboxylic acids is 1. The normalized spacial score (nSPS) is 22.1. The van der Waals surface area contributed by atoms with E-state index in [9.17, 15) is 15.0 Å². The number of likely N-dealkylation sites (tertiary alicyclic amines) is 1. The summed E-state index contributed by atoms with van der Waals surface area (Å²) in [5.74, 6) is -0.0725. The second-order valence-electron chi connectivity index (χ2n) is 4.91. The Labute approximate surface area is 98.7 Å². The van der Waals surface area contributed by atoms with Crippen molar-refractivity contribution >= 4 is 5.91 Å². The number of pyridine rings is 1. The van der Waals surface area contributed by atoms with Gasteiger partial charge in [0.1, 0.15) is 11.4 Å². The minimum atomic E-state index is -0.694. The van der Waals surface area contributed by atoms with Gasteiger partial charge in [0, 0.05) is 6.20 Å². The van der Waals surface area contributed by atoms with Crippen LogP contribution in [0.5, 0.6) is 5.75 Å². The maximum Gasteiger partial charge on any atom is 0.276 e. The predicted octanol–water partition coefficient (Wildman–Crippen LogP) is 0.384. The molecule has 1 amide bonds. The molecular formula is C12H14N2O3. The maximum atomic E-state index is 12.0. The summed E-state index contributed by atoms with van der Waals surface area (Å²) in [6.45, 7) is 0.707. The molecule has 0 spiro atoms. The Balaban J connectivity index is 1.71. The van der Waals surface area contributed by atoms with Crippen molar-refractivity contribution in [3.8, 4) is 5.75 Å². The minimum Gasteiger partial charge on any atom is -0.505 e. The minimum absolute atomic E-state index is 0.0605. The van der Waals surface area contributed by atoms with Gasteiger partial charge in [-0.15, -0.1) is 0 Å². The molecule has 1 aliphatic heterocycles. The molecule has 2 aliphatic rings. The van der Waals surface area contributed by atoms with E-state index in [-0.39, 0.29) is 17.4 Å². The van der Waals surface area contributed by atoms with E-state index >= 15 is 0 Å². The summed E-state index contributed by atoms with van der Waals surface area (Å²) in [6, 6.07) is 3.01. The molecule has 0 bridgehead atoms. The van der Waals surface area contributed by atoms with Crippen molar-refractivity contribution in [3.05, 3.63) is 24.0 Å². The predicted molar refractivity (Wildman–Crippen MR) is 59.5 cm³/mol. The Morgan fingerprint density at radius 1 is 1.47 bits per heavy atom. The van der Waals surface area contributed by atoms with Crippen molar-refractivity contribution in [1.82, 2.24) is 9.88 Å². The van der Waals surface area contributed by atoms with E-state index in [0.717, 1.165) is 12.8 Å². The lowest BCUT2D eigenvalue weighted by Gasteiger charge is -2.46. The highest BCUT2D eigenvalue weighted by Gasteiger charge is 2.53. The third-order valence-corrected chi connectivity index (χ3v) is 3.54. The standard InChI is InChI=1S/C12H14N2O3/c15-9-2-1-5-13-10(9)11(16)14-6-12(17,7-14)8-3-4-8/h1-2,5,8,15,17H,3-4,6-7H2. The van der Waals surface area contributed by atoms with Gasteiger partial charge in [0.25, 0.3) is 5.91 Å². The Bertz CT molecular complexity index is 465. The van der Waals surface area contributed by atoms with Gasteiger partial charge in [-0.3, -0.25) is 4.79 Å². The van der Waals surface area contributed by atoms with Gasteiger partial charge in [0.05, 0.1) is 13.1 Å². The molecule has 5 nitrogen and oxygen atoms in total. The fourth-order valence-electron chi connectivity index (χ4n) is 2.35. The molecule has 1 aromatic rings. The number of aromatic hydroxyl groups is 1. The lowest BCUT2D eigenvalue weighted by atomic mass is 9.88. The zero-order valence-electron chi connectivity index (χ0n) is 9.33. The van der Waals surface area contributed by atoms with Gasteiger partial charge in [-0.1, -0.05) is 0 Å². The summed E-state index contributed by atoms with van der Waals surface area (Å²) >= 11 is 0. The van der Waals surface area contributed by atoms with E-state index in [1.54, 1.807) is 6.07 Å². The van der Waals surface area contributed by atoms with E-state index in [2.05, 4.69) is 4.98 Å². The van der Waals surface area contributed by atoms with Crippen molar-refractivity contribution in [1.29, 1.82) is 0 Å². The number of carbonyl (C=O) groups is 1. The molecule has 0 atom stereocenters. The summed E-state index contributed by atoms with van der Waals surface area (Å²) in [4.78, 5) is 17.4. The first-order valence-electron chi connectivity index (χ1n) is 5.76. The number of hydrogen-bond acceptors (Lipinski definition) is 4. The van der Waals surface area contributed by atoms with Crippen molar-refractivity contribution in [2.45, 2.75) is 18.4 Å². The van der Waals surface area contributed by atoms with Crippen molar-refractivity contribution in [2.24, 2.45) is 5.92 Å². The monoisotopic (exact) mass is 234 g/mol. The van der Waals surface area contributed by atoms with E-state index in [4.69, 9.17) is 0 Å². The Morgan fingerprint density at radius 3 is 2.76 bits per heavy atom. The van der Waals surface area contributed by atoms with Crippen LogP contribution in [-0.2, 0) is 0 Å². The number of aromatic nitrogens is 1. The molecule has 90 valence electrons. The molecule has 1 saturated carbocycles. The van der Waals surface area contributed by atoms with E-state index in [1.165, 1.54) is 17.2 Å². The second kappa shape index (κ2) is 3.43. The molecule has 0 radical (unpaired) electrons. The fourth-order valence-corrected chi connectivity index (χ4v) is 2.35. The topological polar surface area (TPSA) is 73.7 Å². The molecule has 2 heterocycles. The molecule has 17 heavy (non-hydrogen) atoms. The number of aliphatic hydroxyl groups is 1. The first-order valence-corrected chi connectivity index (χ1v) is 5.76. The van der Waals surface area contributed by atoms with Gasteiger partial charge >= 0.3 is 0 Å². The Kier molecular flexibility index (Phi) is 2.13. The highest BCUT2D eigenvalue weighted by atomic mass is 16.3. The second-order valence-corrected chi connectivity index (χ2v) is 4.91. The van der Waals surface area contributed by atoms with E-state index in [0.29, 0.717) is 19.0 Å². The van der Waals surface area contributed by atoms with Crippen molar-refractivity contribution in [3.63, 3.8) is 0 Å². The Hall–Kier alpha value is -1.62. The summed E-state index contributed by atoms with van der Waals surface area (Å²) < 4.78 is 0. The number of rotatable bonds is 2. The highest BCUT2D eigenvalue weighted by Crippen LogP contribution is 2.44. The lowest BCUT2D eigenvalue weighted by molar-refractivity contribution is -0.0960. The summed E-state index contributed by atoms with van der Waals surface area (Å²) in [5.41, 5.74) is -0.634. The van der Waals surface area contributed by atoms with Crippen LogP contribution in [0.15, 0.2) is 18.3 Å². The van der Waals surface area contributed by atoms with Crippen LogP contribution in [0.4, 0.5) is 0 Å². The maximum absolute atomic E-state index is 12.0. The molecule has 3 rings (SSSR count). The quantitative estimate of drug-likeness (QED) is 0.776. The van der Waals surface area contributed by atoms with Crippen LogP contribution in [0.3, 0.4) is 0 Å². The van der Waals surface area contributed by atoms with Crippen LogP contribution in [0, 0.1) is 5.92 Å². The highest BCUT2D eigenvalue weighted by molar-refractivity contribution is 5.95. The lowest BCUT2D eigenvalue weighted by Crippen LogP contribution is -2.64. The van der Waals surface area contributed by atoms with Gasteiger partial charge in [-0.25, -0.2) is 4.98 Å². The van der Waals surface area contributed by atoms with Gasteiger partial charge in [-0.2, -0.15) is 0 Å². The molecule has 2 N–H and O–H groups in total. The number of nitrogens with zero attached hydrogens (tertiary/aromatic N) is 2. The summed E-state index contributed by atoms with van der Waals surface area (Å²) in [6.07, 6.45) is 3.57. The summed E-state index contributed by atoms with van der Waals surface area (Å²) in [7, 11) is 0. The molecule has 2 fully saturated rings. The fraction of sp³-hybridized carbons (Fsp3) is 0.500. The molecule has 1 aliphatic carbocycles. The zero-order chi connectivity index (χ0) is 12.0. The third kappa shape index (κ3) is 1.67. The number of β-amino-alcohol motifs (C(OH)–C–C–N with tert-alkyl or cyclic N) is 1. The van der Waals surface area contributed by atoms with Crippen LogP contribution in [0.1, 0.15) is 23.3 Å².